The minimum Gasteiger partial charge on any atom is -0.347 e. The molecule has 5 heteroatoms. The van der Waals surface area contributed by atoms with Gasteiger partial charge < -0.3 is 15.1 Å². The van der Waals surface area contributed by atoms with Crippen molar-refractivity contribution in [1.29, 1.82) is 0 Å². The van der Waals surface area contributed by atoms with Gasteiger partial charge in [0.15, 0.2) is 0 Å². The number of amides is 1. The molecule has 0 radical (unpaired) electrons. The van der Waals surface area contributed by atoms with Gasteiger partial charge in [-0.25, -0.2) is 0 Å². The fraction of sp³-hybridized carbons (Fsp3) is 0.688. The Labute approximate surface area is 132 Å². The summed E-state index contributed by atoms with van der Waals surface area (Å²) in [5.41, 5.74) is 0. The molecule has 0 aliphatic carbocycles. The van der Waals surface area contributed by atoms with Crippen LogP contribution >= 0.6 is 11.3 Å². The van der Waals surface area contributed by atoms with E-state index in [0.717, 1.165) is 0 Å². The van der Waals surface area contributed by atoms with Crippen LogP contribution in [0.5, 0.6) is 0 Å². The molecule has 1 aromatic rings. The molecule has 2 heterocycles. The summed E-state index contributed by atoms with van der Waals surface area (Å²) in [6.45, 7) is 10.8. The summed E-state index contributed by atoms with van der Waals surface area (Å²) in [5.74, 6) is 0.201. The van der Waals surface area contributed by atoms with Crippen LogP contribution in [0.1, 0.15) is 31.7 Å². The number of nitrogens with one attached hydrogen (secondary N) is 3. The van der Waals surface area contributed by atoms with Crippen LogP contribution in [-0.2, 0) is 4.79 Å². The molecule has 1 aliphatic rings. The predicted molar refractivity (Wildman–Crippen MR) is 86.8 cm³/mol. The van der Waals surface area contributed by atoms with Crippen LogP contribution in [0.25, 0.3) is 0 Å². The van der Waals surface area contributed by atoms with Crippen molar-refractivity contribution in [2.24, 2.45) is 5.92 Å². The Morgan fingerprint density at radius 1 is 1.24 bits per heavy atom. The molecule has 0 bridgehead atoms. The highest BCUT2D eigenvalue weighted by atomic mass is 32.1. The van der Waals surface area contributed by atoms with Crippen molar-refractivity contribution < 1.29 is 14.6 Å². The van der Waals surface area contributed by atoms with Gasteiger partial charge in [-0.2, -0.15) is 0 Å². The average molecular weight is 311 g/mol. The molecule has 2 unspecified atom stereocenters. The number of hydrogen-bond acceptors (Lipinski definition) is 2. The van der Waals surface area contributed by atoms with E-state index in [1.807, 2.05) is 25.2 Å². The lowest BCUT2D eigenvalue weighted by Gasteiger charge is -2.36. The Morgan fingerprint density at radius 3 is 2.43 bits per heavy atom. The maximum atomic E-state index is 12.0. The first-order valence-electron chi connectivity index (χ1n) is 7.98. The molecule has 2 rings (SSSR count). The fourth-order valence-electron chi connectivity index (χ4n) is 3.05. The maximum absolute atomic E-state index is 12.0. The average Bonchev–Trinajstić information content (AvgIpc) is 2.95. The van der Waals surface area contributed by atoms with Crippen molar-refractivity contribution in [1.82, 2.24) is 5.32 Å². The van der Waals surface area contributed by atoms with Gasteiger partial charge in [-0.15, -0.1) is 11.3 Å². The zero-order valence-electron chi connectivity index (χ0n) is 13.6. The number of likely N-dealkylation sites (N-methyl/N-ethyl adjacent to an activating group) is 1. The highest BCUT2D eigenvalue weighted by Gasteiger charge is 2.34. The fourth-order valence-corrected chi connectivity index (χ4v) is 4.04. The van der Waals surface area contributed by atoms with Crippen LogP contribution in [0.15, 0.2) is 17.5 Å². The first-order valence-corrected chi connectivity index (χ1v) is 8.86. The van der Waals surface area contributed by atoms with Gasteiger partial charge in [-0.05, 0) is 18.4 Å². The molecule has 21 heavy (non-hydrogen) atoms. The number of quaternary nitrogens is 2. The number of piperazine rings is 1. The third-order valence-electron chi connectivity index (χ3n) is 4.43. The number of carbonyl (C=O) groups excluding carboxylic acids is 1. The minimum atomic E-state index is 0.0448. The molecule has 1 fully saturated rings. The lowest BCUT2D eigenvalue weighted by molar-refractivity contribution is -1.02. The first-order chi connectivity index (χ1) is 9.99. The van der Waals surface area contributed by atoms with E-state index < -0.39 is 0 Å². The topological polar surface area (TPSA) is 38.0 Å². The van der Waals surface area contributed by atoms with Crippen molar-refractivity contribution in [3.8, 4) is 0 Å². The summed E-state index contributed by atoms with van der Waals surface area (Å²) in [7, 11) is 2.26. The van der Waals surface area contributed by atoms with Gasteiger partial charge in [0.05, 0.1) is 18.0 Å². The Hall–Kier alpha value is -0.910. The highest BCUT2D eigenvalue weighted by Crippen LogP contribution is 2.20. The van der Waals surface area contributed by atoms with Crippen molar-refractivity contribution in [3.05, 3.63) is 22.4 Å². The third-order valence-corrected chi connectivity index (χ3v) is 5.39. The van der Waals surface area contributed by atoms with E-state index in [9.17, 15) is 4.79 Å². The molecule has 0 aromatic carbocycles. The molecular formula is C16H29N3OS+2. The molecule has 1 saturated heterocycles. The summed E-state index contributed by atoms with van der Waals surface area (Å²) in [4.78, 5) is 16.7. The number of carbonyl (C=O) groups is 1. The summed E-state index contributed by atoms with van der Waals surface area (Å²) >= 11 is 1.81. The Bertz CT molecular complexity index is 438. The number of hydrogen-bond donors (Lipinski definition) is 3. The Morgan fingerprint density at radius 2 is 1.90 bits per heavy atom. The van der Waals surface area contributed by atoms with Gasteiger partial charge >= 0.3 is 0 Å². The van der Waals surface area contributed by atoms with Crippen LogP contribution in [0.3, 0.4) is 0 Å². The van der Waals surface area contributed by atoms with Gasteiger partial charge in [0.25, 0.3) is 0 Å². The van der Waals surface area contributed by atoms with Crippen molar-refractivity contribution >= 4 is 17.2 Å². The van der Waals surface area contributed by atoms with Crippen molar-refractivity contribution in [2.75, 3.05) is 33.2 Å². The molecule has 1 aromatic heterocycles. The lowest BCUT2D eigenvalue weighted by atomic mass is 10.0. The van der Waals surface area contributed by atoms with Crippen LogP contribution < -0.4 is 15.1 Å². The molecule has 1 aliphatic heterocycles. The second-order valence-electron chi connectivity index (χ2n) is 6.56. The molecule has 4 nitrogen and oxygen atoms in total. The maximum Gasteiger partial charge on any atom is 0.222 e. The monoisotopic (exact) mass is 311 g/mol. The standard InChI is InChI=1S/C16H27N3OS/c1-12(2)16(20)17-13(3)15(14-6-5-11-21-14)19-9-7-18(4)8-10-19/h5-6,11-13,15H,7-10H2,1-4H3,(H,17,20)/p+2. The Balaban J connectivity index is 2.11. The van der Waals surface area contributed by atoms with E-state index in [-0.39, 0.29) is 17.9 Å². The van der Waals surface area contributed by atoms with E-state index in [4.69, 9.17) is 0 Å². The van der Waals surface area contributed by atoms with E-state index >= 15 is 0 Å². The Kier molecular flexibility index (Phi) is 5.79. The molecule has 2 atom stereocenters. The largest absolute Gasteiger partial charge is 0.347 e. The smallest absolute Gasteiger partial charge is 0.222 e. The normalized spacial score (nSPS) is 25.6. The van der Waals surface area contributed by atoms with E-state index in [0.29, 0.717) is 6.04 Å². The zero-order chi connectivity index (χ0) is 15.4. The van der Waals surface area contributed by atoms with Gasteiger partial charge in [0, 0.05) is 5.92 Å². The quantitative estimate of drug-likeness (QED) is 0.665. The molecular weight excluding hydrogens is 282 g/mol. The van der Waals surface area contributed by atoms with Crippen LogP contribution in [0.4, 0.5) is 0 Å². The predicted octanol–water partition coefficient (Wildman–Crippen LogP) is -0.637. The summed E-state index contributed by atoms with van der Waals surface area (Å²) in [5, 5.41) is 5.36. The molecule has 3 N–H and O–H groups in total. The summed E-state index contributed by atoms with van der Waals surface area (Å²) in [6, 6.07) is 4.88. The van der Waals surface area contributed by atoms with Crippen LogP contribution in [0.2, 0.25) is 0 Å². The minimum absolute atomic E-state index is 0.0448. The summed E-state index contributed by atoms with van der Waals surface area (Å²) < 4.78 is 0. The zero-order valence-corrected chi connectivity index (χ0v) is 14.4. The number of thiophene rings is 1. The molecule has 1 amide bonds. The second kappa shape index (κ2) is 7.38. The lowest BCUT2D eigenvalue weighted by Crippen LogP contribution is -3.27. The van der Waals surface area contributed by atoms with Gasteiger partial charge in [-0.1, -0.05) is 19.9 Å². The van der Waals surface area contributed by atoms with Crippen molar-refractivity contribution in [3.63, 3.8) is 0 Å². The second-order valence-corrected chi connectivity index (χ2v) is 7.54. The van der Waals surface area contributed by atoms with Gasteiger partial charge in [-0.3, -0.25) is 4.79 Å². The van der Waals surface area contributed by atoms with Gasteiger partial charge in [0.1, 0.15) is 32.2 Å². The van der Waals surface area contributed by atoms with Crippen LogP contribution in [0, 0.1) is 5.92 Å². The van der Waals surface area contributed by atoms with Crippen LogP contribution in [-0.4, -0.2) is 45.2 Å². The van der Waals surface area contributed by atoms with Gasteiger partial charge in [0.2, 0.25) is 5.91 Å². The molecule has 0 saturated carbocycles. The molecule has 118 valence electrons. The van der Waals surface area contributed by atoms with Crippen molar-refractivity contribution in [2.45, 2.75) is 32.9 Å². The van der Waals surface area contributed by atoms with E-state index in [1.165, 1.54) is 31.1 Å². The number of rotatable bonds is 5. The molecule has 0 spiro atoms. The summed E-state index contributed by atoms with van der Waals surface area (Å²) in [6.07, 6.45) is 0. The first kappa shape index (κ1) is 16.5. The van der Waals surface area contributed by atoms with E-state index in [2.05, 4.69) is 36.8 Å². The highest BCUT2D eigenvalue weighted by molar-refractivity contribution is 7.10. The SMILES string of the molecule is CC(C)C(=O)NC(C)C(c1cccs1)[NH+]1CC[NH+](C)CC1. The van der Waals surface area contributed by atoms with E-state index in [1.54, 1.807) is 9.80 Å². The third kappa shape index (κ3) is 4.28.